The lowest BCUT2D eigenvalue weighted by Crippen LogP contribution is -2.21. The first-order valence-electron chi connectivity index (χ1n) is 3.78. The summed E-state index contributed by atoms with van der Waals surface area (Å²) in [6.07, 6.45) is 3.03. The highest BCUT2D eigenvalue weighted by atomic mass is 16.1. The number of carbonyl (C=O) groups excluding carboxylic acids is 1. The van der Waals surface area contributed by atoms with Crippen molar-refractivity contribution in [3.8, 4) is 0 Å². The number of hydrogen-bond acceptors (Lipinski definition) is 2. The Balaban J connectivity index is 2.70. The highest BCUT2D eigenvalue weighted by Gasteiger charge is 2.04. The molecule has 0 fully saturated rings. The maximum Gasteiger partial charge on any atom is 0.274 e. The van der Waals surface area contributed by atoms with Crippen LogP contribution in [-0.4, -0.2) is 10.9 Å². The molecule has 3 nitrogen and oxygen atoms in total. The van der Waals surface area contributed by atoms with Gasteiger partial charge in [0.2, 0.25) is 0 Å². The molecular weight excluding hydrogens is 164 g/mol. The number of pyridine rings is 1. The molecule has 1 heterocycles. The molecule has 0 atom stereocenters. The minimum Gasteiger partial charge on any atom is -0.321 e. The van der Waals surface area contributed by atoms with Crippen LogP contribution in [0.4, 0.5) is 0 Å². The van der Waals surface area contributed by atoms with Gasteiger partial charge in [-0.1, -0.05) is 19.2 Å². The third-order valence-corrected chi connectivity index (χ3v) is 1.42. The highest BCUT2D eigenvalue weighted by molar-refractivity contribution is 5.93. The Morgan fingerprint density at radius 2 is 2.31 bits per heavy atom. The smallest absolute Gasteiger partial charge is 0.274 e. The second-order valence-corrected chi connectivity index (χ2v) is 2.40. The SMILES string of the molecule is C=CC(=C)NC(=O)c1ccccn1. The number of nitrogens with zero attached hydrogens (tertiary/aromatic N) is 1. The highest BCUT2D eigenvalue weighted by Crippen LogP contribution is 1.94. The molecule has 1 amide bonds. The Kier molecular flexibility index (Phi) is 2.97. The van der Waals surface area contributed by atoms with Gasteiger partial charge in [0.05, 0.1) is 0 Å². The minimum absolute atomic E-state index is 0.273. The summed E-state index contributed by atoms with van der Waals surface area (Å²) in [5.41, 5.74) is 0.834. The number of amides is 1. The summed E-state index contributed by atoms with van der Waals surface area (Å²) in [5.74, 6) is -0.273. The predicted octanol–water partition coefficient (Wildman–Crippen LogP) is 1.51. The third-order valence-electron chi connectivity index (χ3n) is 1.42. The number of allylic oxidation sites excluding steroid dienone is 1. The fourth-order valence-electron chi connectivity index (χ4n) is 0.758. The van der Waals surface area contributed by atoms with Crippen molar-refractivity contribution in [2.75, 3.05) is 0 Å². The molecule has 13 heavy (non-hydrogen) atoms. The number of rotatable bonds is 3. The lowest BCUT2D eigenvalue weighted by atomic mass is 10.3. The molecule has 66 valence electrons. The van der Waals surface area contributed by atoms with Crippen molar-refractivity contribution in [1.29, 1.82) is 0 Å². The molecule has 0 spiro atoms. The molecule has 0 aliphatic carbocycles. The zero-order valence-electron chi connectivity index (χ0n) is 7.16. The van der Waals surface area contributed by atoms with Crippen LogP contribution in [-0.2, 0) is 0 Å². The zero-order chi connectivity index (χ0) is 9.68. The van der Waals surface area contributed by atoms with Crippen molar-refractivity contribution < 1.29 is 4.79 Å². The van der Waals surface area contributed by atoms with E-state index in [-0.39, 0.29) is 5.91 Å². The summed E-state index contributed by atoms with van der Waals surface area (Å²) in [4.78, 5) is 15.2. The van der Waals surface area contributed by atoms with Crippen molar-refractivity contribution in [3.63, 3.8) is 0 Å². The van der Waals surface area contributed by atoms with Crippen LogP contribution >= 0.6 is 0 Å². The lowest BCUT2D eigenvalue weighted by Gasteiger charge is -2.02. The van der Waals surface area contributed by atoms with E-state index in [2.05, 4.69) is 23.5 Å². The average Bonchev–Trinajstić information content (AvgIpc) is 2.19. The minimum atomic E-state index is -0.273. The van der Waals surface area contributed by atoms with Gasteiger partial charge in [-0.15, -0.1) is 0 Å². The molecule has 0 unspecified atom stereocenters. The summed E-state index contributed by atoms with van der Waals surface area (Å²) >= 11 is 0. The van der Waals surface area contributed by atoms with E-state index in [4.69, 9.17) is 0 Å². The van der Waals surface area contributed by atoms with Crippen molar-refractivity contribution >= 4 is 5.91 Å². The average molecular weight is 174 g/mol. The molecule has 0 aliphatic rings. The van der Waals surface area contributed by atoms with E-state index in [9.17, 15) is 4.79 Å². The van der Waals surface area contributed by atoms with E-state index in [1.165, 1.54) is 6.08 Å². The Bertz CT molecular complexity index is 330. The van der Waals surface area contributed by atoms with E-state index in [1.807, 2.05) is 0 Å². The van der Waals surface area contributed by atoms with Gasteiger partial charge < -0.3 is 5.32 Å². The quantitative estimate of drug-likeness (QED) is 0.706. The third kappa shape index (κ3) is 2.56. The number of aromatic nitrogens is 1. The van der Waals surface area contributed by atoms with E-state index >= 15 is 0 Å². The van der Waals surface area contributed by atoms with Gasteiger partial charge >= 0.3 is 0 Å². The monoisotopic (exact) mass is 174 g/mol. The Morgan fingerprint density at radius 1 is 1.54 bits per heavy atom. The molecule has 3 heteroatoms. The van der Waals surface area contributed by atoms with Gasteiger partial charge in [-0.2, -0.15) is 0 Å². The van der Waals surface area contributed by atoms with Gasteiger partial charge in [0.25, 0.3) is 5.91 Å². The summed E-state index contributed by atoms with van der Waals surface area (Å²) in [6, 6.07) is 5.13. The standard InChI is InChI=1S/C10H10N2O/c1-3-8(2)12-10(13)9-6-4-5-7-11-9/h3-7H,1-2H2,(H,12,13). The summed E-state index contributed by atoms with van der Waals surface area (Å²) < 4.78 is 0. The molecule has 0 aliphatic heterocycles. The molecule has 0 radical (unpaired) electrons. The van der Waals surface area contributed by atoms with Gasteiger partial charge in [0, 0.05) is 11.9 Å². The van der Waals surface area contributed by atoms with Gasteiger partial charge in [0.1, 0.15) is 5.69 Å². The molecule has 1 aromatic heterocycles. The number of nitrogens with one attached hydrogen (secondary N) is 1. The van der Waals surface area contributed by atoms with Crippen molar-refractivity contribution in [2.24, 2.45) is 0 Å². The van der Waals surface area contributed by atoms with Crippen LogP contribution in [0.3, 0.4) is 0 Å². The van der Waals surface area contributed by atoms with Gasteiger partial charge in [0.15, 0.2) is 0 Å². The summed E-state index contributed by atoms with van der Waals surface area (Å²) in [5, 5.41) is 2.53. The van der Waals surface area contributed by atoms with Crippen LogP contribution < -0.4 is 5.32 Å². The molecule has 0 saturated heterocycles. The number of hydrogen-bond donors (Lipinski definition) is 1. The van der Waals surface area contributed by atoms with E-state index < -0.39 is 0 Å². The van der Waals surface area contributed by atoms with Crippen LogP contribution in [0, 0.1) is 0 Å². The maximum absolute atomic E-state index is 11.3. The second-order valence-electron chi connectivity index (χ2n) is 2.40. The Labute approximate surface area is 76.8 Å². The fourth-order valence-corrected chi connectivity index (χ4v) is 0.758. The molecule has 0 bridgehead atoms. The molecule has 1 aromatic rings. The van der Waals surface area contributed by atoms with Crippen molar-refractivity contribution in [3.05, 3.63) is 55.0 Å². The predicted molar refractivity (Wildman–Crippen MR) is 51.0 cm³/mol. The lowest BCUT2D eigenvalue weighted by molar-refractivity contribution is 0.0962. The van der Waals surface area contributed by atoms with Crippen LogP contribution in [0.25, 0.3) is 0 Å². The van der Waals surface area contributed by atoms with Gasteiger partial charge in [-0.05, 0) is 18.2 Å². The number of carbonyl (C=O) groups is 1. The summed E-state index contributed by atoms with van der Waals surface area (Å²) in [7, 11) is 0. The van der Waals surface area contributed by atoms with Crippen LogP contribution in [0.5, 0.6) is 0 Å². The van der Waals surface area contributed by atoms with Crippen molar-refractivity contribution in [2.45, 2.75) is 0 Å². The van der Waals surface area contributed by atoms with Crippen LogP contribution in [0.15, 0.2) is 49.3 Å². The molecule has 0 aromatic carbocycles. The molecule has 1 N–H and O–H groups in total. The first-order chi connectivity index (χ1) is 6.24. The molecular formula is C10H10N2O. The Morgan fingerprint density at radius 3 is 2.85 bits per heavy atom. The van der Waals surface area contributed by atoms with Crippen LogP contribution in [0.2, 0.25) is 0 Å². The van der Waals surface area contributed by atoms with Gasteiger partial charge in [-0.3, -0.25) is 9.78 Å². The Hall–Kier alpha value is -1.90. The largest absolute Gasteiger partial charge is 0.321 e. The first-order valence-corrected chi connectivity index (χ1v) is 3.78. The summed E-state index contributed by atoms with van der Waals surface area (Å²) in [6.45, 7) is 7.03. The topological polar surface area (TPSA) is 42.0 Å². The zero-order valence-corrected chi connectivity index (χ0v) is 7.16. The first kappa shape index (κ1) is 9.19. The molecule has 0 saturated carbocycles. The van der Waals surface area contributed by atoms with E-state index in [0.29, 0.717) is 11.4 Å². The second kappa shape index (κ2) is 4.21. The van der Waals surface area contributed by atoms with Crippen LogP contribution in [0.1, 0.15) is 10.5 Å². The van der Waals surface area contributed by atoms with Crippen molar-refractivity contribution in [1.82, 2.24) is 10.3 Å². The normalized spacial score (nSPS) is 8.92. The maximum atomic E-state index is 11.3. The van der Waals surface area contributed by atoms with Gasteiger partial charge in [-0.25, -0.2) is 0 Å². The molecule has 1 rings (SSSR count). The van der Waals surface area contributed by atoms with E-state index in [1.54, 1.807) is 24.4 Å². The fraction of sp³-hybridized carbons (Fsp3) is 0. The van der Waals surface area contributed by atoms with E-state index in [0.717, 1.165) is 0 Å².